The maximum absolute atomic E-state index is 12.8. The van der Waals surface area contributed by atoms with Crippen LogP contribution in [0.3, 0.4) is 0 Å². The molecule has 5 nitrogen and oxygen atoms in total. The van der Waals surface area contributed by atoms with E-state index in [1.165, 1.54) is 0 Å². The number of hydrogen-bond donors (Lipinski definition) is 1. The average molecular weight is 336 g/mol. The van der Waals surface area contributed by atoms with Gasteiger partial charge in [0.1, 0.15) is 23.8 Å². The lowest BCUT2D eigenvalue weighted by Crippen LogP contribution is -2.27. The van der Waals surface area contributed by atoms with E-state index in [-0.39, 0.29) is 5.91 Å². The summed E-state index contributed by atoms with van der Waals surface area (Å²) in [4.78, 5) is 12.8. The number of para-hydroxylation sites is 2. The summed E-state index contributed by atoms with van der Waals surface area (Å²) in [5.41, 5.74) is 2.63. The fourth-order valence-electron chi connectivity index (χ4n) is 3.29. The van der Waals surface area contributed by atoms with Crippen LogP contribution in [-0.4, -0.2) is 23.7 Å². The zero-order valence-corrected chi connectivity index (χ0v) is 14.1. The Balaban J connectivity index is 1.59. The molecule has 0 atom stereocenters. The van der Waals surface area contributed by atoms with Crippen molar-refractivity contribution in [1.82, 2.24) is 9.88 Å². The number of carbonyl (C=O) groups excluding carboxylic acids is 1. The Morgan fingerprint density at radius 3 is 3.00 bits per heavy atom. The second-order valence-corrected chi connectivity index (χ2v) is 5.95. The second kappa shape index (κ2) is 6.51. The fraction of sp³-hybridized carbons (Fsp3) is 0.250. The van der Waals surface area contributed by atoms with Crippen molar-refractivity contribution in [2.45, 2.75) is 20.0 Å². The quantitative estimate of drug-likeness (QED) is 0.777. The van der Waals surface area contributed by atoms with Gasteiger partial charge in [-0.05, 0) is 25.1 Å². The van der Waals surface area contributed by atoms with Gasteiger partial charge in [-0.25, -0.2) is 0 Å². The minimum Gasteiger partial charge on any atom is -0.494 e. The molecule has 0 fully saturated rings. The summed E-state index contributed by atoms with van der Waals surface area (Å²) in [5.74, 6) is 1.56. The molecule has 0 unspecified atom stereocenters. The number of carbonyl (C=O) groups is 1. The second-order valence-electron chi connectivity index (χ2n) is 5.95. The van der Waals surface area contributed by atoms with Gasteiger partial charge >= 0.3 is 0 Å². The van der Waals surface area contributed by atoms with Crippen LogP contribution in [0.2, 0.25) is 0 Å². The van der Waals surface area contributed by atoms with Gasteiger partial charge < -0.3 is 19.4 Å². The van der Waals surface area contributed by atoms with E-state index < -0.39 is 0 Å². The predicted molar refractivity (Wildman–Crippen MR) is 96.2 cm³/mol. The number of aromatic nitrogens is 1. The van der Waals surface area contributed by atoms with E-state index in [2.05, 4.69) is 5.32 Å². The molecule has 3 aromatic rings. The van der Waals surface area contributed by atoms with Crippen molar-refractivity contribution in [3.05, 3.63) is 59.8 Å². The van der Waals surface area contributed by atoms with Crippen LogP contribution in [0, 0.1) is 0 Å². The molecule has 0 radical (unpaired) electrons. The molecule has 0 spiro atoms. The van der Waals surface area contributed by atoms with Crippen molar-refractivity contribution in [3.63, 3.8) is 0 Å². The van der Waals surface area contributed by atoms with Crippen molar-refractivity contribution in [3.8, 4) is 11.5 Å². The third-order valence-electron chi connectivity index (χ3n) is 4.40. The van der Waals surface area contributed by atoms with E-state index in [1.54, 1.807) is 0 Å². The van der Waals surface area contributed by atoms with E-state index in [9.17, 15) is 4.79 Å². The Morgan fingerprint density at radius 2 is 2.12 bits per heavy atom. The molecule has 128 valence electrons. The molecule has 0 saturated carbocycles. The lowest BCUT2D eigenvalue weighted by atomic mass is 10.2. The first kappa shape index (κ1) is 15.6. The first-order valence-corrected chi connectivity index (χ1v) is 8.52. The highest BCUT2D eigenvalue weighted by Gasteiger charge is 2.21. The number of benzene rings is 2. The van der Waals surface area contributed by atoms with Gasteiger partial charge in [-0.2, -0.15) is 0 Å². The summed E-state index contributed by atoms with van der Waals surface area (Å²) >= 11 is 0. The highest BCUT2D eigenvalue weighted by atomic mass is 16.5. The van der Waals surface area contributed by atoms with Crippen LogP contribution in [0.1, 0.15) is 23.0 Å². The van der Waals surface area contributed by atoms with Crippen LogP contribution in [0.15, 0.2) is 48.5 Å². The lowest BCUT2D eigenvalue weighted by molar-refractivity contribution is 0.0940. The maximum atomic E-state index is 12.8. The van der Waals surface area contributed by atoms with Gasteiger partial charge in [-0.1, -0.05) is 30.3 Å². The normalized spacial score (nSPS) is 12.7. The van der Waals surface area contributed by atoms with Crippen LogP contribution in [0.5, 0.6) is 11.5 Å². The van der Waals surface area contributed by atoms with Crippen molar-refractivity contribution in [2.75, 3.05) is 13.2 Å². The van der Waals surface area contributed by atoms with Crippen molar-refractivity contribution >= 4 is 16.8 Å². The molecule has 4 rings (SSSR count). The predicted octanol–water partition coefficient (Wildman–Crippen LogP) is 3.36. The highest BCUT2D eigenvalue weighted by molar-refractivity contribution is 6.00. The molecule has 1 aromatic heterocycles. The minimum absolute atomic E-state index is 0.0876. The molecule has 2 aromatic carbocycles. The number of nitrogens with zero attached hydrogens (tertiary/aromatic N) is 1. The van der Waals surface area contributed by atoms with Crippen molar-refractivity contribution < 1.29 is 14.3 Å². The third kappa shape index (κ3) is 2.82. The Labute approximate surface area is 146 Å². The van der Waals surface area contributed by atoms with E-state index in [1.807, 2.05) is 60.0 Å². The van der Waals surface area contributed by atoms with E-state index in [0.717, 1.165) is 28.0 Å². The molecule has 1 aliphatic rings. The van der Waals surface area contributed by atoms with Gasteiger partial charge in [0.15, 0.2) is 0 Å². The molecule has 1 N–H and O–H groups in total. The summed E-state index contributed by atoms with van der Waals surface area (Å²) in [6, 6.07) is 15.6. The van der Waals surface area contributed by atoms with Gasteiger partial charge in [0.25, 0.3) is 5.91 Å². The van der Waals surface area contributed by atoms with Crippen molar-refractivity contribution in [2.24, 2.45) is 0 Å². The van der Waals surface area contributed by atoms with Crippen LogP contribution in [0.4, 0.5) is 0 Å². The Morgan fingerprint density at radius 1 is 1.24 bits per heavy atom. The first-order chi connectivity index (χ1) is 12.3. The zero-order valence-electron chi connectivity index (χ0n) is 14.1. The standard InChI is InChI=1S/C20H20N2O3/c1-2-24-17-8-4-3-6-15(17)13-21-20(23)16-12-14-7-5-9-18-19(14)22(16)10-11-25-18/h3-9,12H,2,10-11,13H2,1H3,(H,21,23). The number of nitrogens with one attached hydrogen (secondary N) is 1. The third-order valence-corrected chi connectivity index (χ3v) is 4.40. The van der Waals surface area contributed by atoms with Gasteiger partial charge in [-0.3, -0.25) is 4.79 Å². The van der Waals surface area contributed by atoms with E-state index in [4.69, 9.17) is 9.47 Å². The molecule has 5 heteroatoms. The summed E-state index contributed by atoms with van der Waals surface area (Å²) in [7, 11) is 0. The van der Waals surface area contributed by atoms with Crippen LogP contribution < -0.4 is 14.8 Å². The zero-order chi connectivity index (χ0) is 17.2. The number of hydrogen-bond acceptors (Lipinski definition) is 3. The largest absolute Gasteiger partial charge is 0.494 e. The topological polar surface area (TPSA) is 52.5 Å². The van der Waals surface area contributed by atoms with E-state index in [0.29, 0.717) is 32.0 Å². The minimum atomic E-state index is -0.0876. The number of ether oxygens (including phenoxy) is 2. The molecular formula is C20H20N2O3. The summed E-state index contributed by atoms with van der Waals surface area (Å²) in [5, 5.41) is 4.04. The summed E-state index contributed by atoms with van der Waals surface area (Å²) in [6.07, 6.45) is 0. The molecule has 0 saturated heterocycles. The van der Waals surface area contributed by atoms with Crippen LogP contribution in [-0.2, 0) is 13.1 Å². The monoisotopic (exact) mass is 336 g/mol. The average Bonchev–Trinajstić information content (AvgIpc) is 3.02. The van der Waals surface area contributed by atoms with Gasteiger partial charge in [-0.15, -0.1) is 0 Å². The fourth-order valence-corrected chi connectivity index (χ4v) is 3.29. The summed E-state index contributed by atoms with van der Waals surface area (Å²) < 4.78 is 13.4. The summed E-state index contributed by atoms with van der Waals surface area (Å²) in [6.45, 7) is 4.24. The van der Waals surface area contributed by atoms with Gasteiger partial charge in [0, 0.05) is 17.5 Å². The Bertz CT molecular complexity index is 930. The van der Waals surface area contributed by atoms with Crippen molar-refractivity contribution in [1.29, 1.82) is 0 Å². The first-order valence-electron chi connectivity index (χ1n) is 8.52. The molecule has 0 aliphatic carbocycles. The van der Waals surface area contributed by atoms with Crippen LogP contribution >= 0.6 is 0 Å². The highest BCUT2D eigenvalue weighted by Crippen LogP contribution is 2.31. The number of rotatable bonds is 5. The molecule has 2 heterocycles. The molecule has 0 bridgehead atoms. The molecule has 1 aliphatic heterocycles. The Hall–Kier alpha value is -2.95. The molecule has 1 amide bonds. The molecular weight excluding hydrogens is 316 g/mol. The maximum Gasteiger partial charge on any atom is 0.268 e. The SMILES string of the molecule is CCOc1ccccc1CNC(=O)c1cc2cccc3c2n1CCO3. The molecule has 25 heavy (non-hydrogen) atoms. The van der Waals surface area contributed by atoms with Crippen LogP contribution in [0.25, 0.3) is 10.9 Å². The van der Waals surface area contributed by atoms with E-state index >= 15 is 0 Å². The smallest absolute Gasteiger partial charge is 0.268 e. The van der Waals surface area contributed by atoms with Gasteiger partial charge in [0.05, 0.1) is 18.7 Å². The number of amides is 1. The van der Waals surface area contributed by atoms with Gasteiger partial charge in [0.2, 0.25) is 0 Å². The lowest BCUT2D eigenvalue weighted by Gasteiger charge is -2.19. The Kier molecular flexibility index (Phi) is 4.06.